The number of hydrogen-bond donors (Lipinski definition) is 0. The number of carbonyl (C=O) groups excluding carboxylic acids is 1. The van der Waals surface area contributed by atoms with Crippen LogP contribution >= 0.6 is 0 Å². The fraction of sp³-hybridized carbons (Fsp3) is 0.222. The van der Waals surface area contributed by atoms with Crippen LogP contribution in [-0.4, -0.2) is 24.5 Å². The van der Waals surface area contributed by atoms with Crippen molar-refractivity contribution in [3.63, 3.8) is 0 Å². The van der Waals surface area contributed by atoms with E-state index in [2.05, 4.69) is 4.99 Å². The van der Waals surface area contributed by atoms with E-state index < -0.39 is 5.54 Å². The molecule has 1 saturated carbocycles. The van der Waals surface area contributed by atoms with Crippen molar-refractivity contribution in [1.82, 2.24) is 0 Å². The molecular weight excluding hydrogens is 278 g/mol. The summed E-state index contributed by atoms with van der Waals surface area (Å²) in [6, 6.07) is 17.3. The Morgan fingerprint density at radius 2 is 1.86 bits per heavy atom. The van der Waals surface area contributed by atoms with Crippen LogP contribution in [0.4, 0.5) is 0 Å². The first-order chi connectivity index (χ1) is 10.7. The Morgan fingerprint density at radius 3 is 2.55 bits per heavy atom. The van der Waals surface area contributed by atoms with Gasteiger partial charge in [0, 0.05) is 11.5 Å². The van der Waals surface area contributed by atoms with Crippen molar-refractivity contribution in [2.75, 3.05) is 7.11 Å². The average Bonchev–Trinajstić information content (AvgIpc) is 3.21. The van der Waals surface area contributed by atoms with Gasteiger partial charge in [-0.25, -0.2) is 9.79 Å². The van der Waals surface area contributed by atoms with E-state index in [1.807, 2.05) is 54.6 Å². The quantitative estimate of drug-likeness (QED) is 0.817. The Kier molecular flexibility index (Phi) is 2.79. The Hall–Kier alpha value is -2.62. The third kappa shape index (κ3) is 1.91. The highest BCUT2D eigenvalue weighted by Gasteiger charge is 2.65. The summed E-state index contributed by atoms with van der Waals surface area (Å²) in [5.41, 5.74) is 1.21. The predicted molar refractivity (Wildman–Crippen MR) is 82.2 cm³/mol. The molecule has 0 N–H and O–H groups in total. The van der Waals surface area contributed by atoms with E-state index in [1.54, 1.807) is 7.11 Å². The number of aliphatic imine (C=N–C) groups is 1. The molecule has 0 saturated heterocycles. The zero-order valence-electron chi connectivity index (χ0n) is 12.2. The third-order valence-corrected chi connectivity index (χ3v) is 4.31. The van der Waals surface area contributed by atoms with Crippen molar-refractivity contribution in [3.8, 4) is 5.75 Å². The highest BCUT2D eigenvalue weighted by Crippen LogP contribution is 2.57. The summed E-state index contributed by atoms with van der Waals surface area (Å²) in [4.78, 5) is 16.9. The van der Waals surface area contributed by atoms with Crippen molar-refractivity contribution in [2.24, 2.45) is 4.99 Å². The Balaban J connectivity index is 1.63. The van der Waals surface area contributed by atoms with Crippen molar-refractivity contribution >= 4 is 11.9 Å². The molecule has 4 nitrogen and oxygen atoms in total. The van der Waals surface area contributed by atoms with Crippen LogP contribution in [0.15, 0.2) is 59.6 Å². The van der Waals surface area contributed by atoms with Gasteiger partial charge >= 0.3 is 5.97 Å². The lowest BCUT2D eigenvalue weighted by molar-refractivity contribution is -0.136. The van der Waals surface area contributed by atoms with Crippen LogP contribution in [-0.2, 0) is 9.53 Å². The molecule has 2 aromatic carbocycles. The minimum absolute atomic E-state index is 0.0899. The van der Waals surface area contributed by atoms with E-state index in [4.69, 9.17) is 9.47 Å². The van der Waals surface area contributed by atoms with Crippen LogP contribution in [0, 0.1) is 0 Å². The number of methoxy groups -OCH3 is 1. The van der Waals surface area contributed by atoms with Gasteiger partial charge < -0.3 is 9.47 Å². The summed E-state index contributed by atoms with van der Waals surface area (Å²) in [7, 11) is 1.64. The summed E-state index contributed by atoms with van der Waals surface area (Å²) in [6.45, 7) is 0. The lowest BCUT2D eigenvalue weighted by atomic mass is 10.1. The molecule has 2 aliphatic rings. The fourth-order valence-corrected chi connectivity index (χ4v) is 2.96. The second-order valence-corrected chi connectivity index (χ2v) is 5.63. The molecule has 1 aliphatic carbocycles. The molecule has 0 aromatic heterocycles. The number of carbonyl (C=O) groups is 1. The predicted octanol–water partition coefficient (Wildman–Crippen LogP) is 2.92. The summed E-state index contributed by atoms with van der Waals surface area (Å²) < 4.78 is 10.6. The van der Waals surface area contributed by atoms with Gasteiger partial charge in [-0.3, -0.25) is 0 Å². The molecule has 2 aromatic rings. The van der Waals surface area contributed by atoms with Crippen LogP contribution in [0.3, 0.4) is 0 Å². The van der Waals surface area contributed by atoms with Gasteiger partial charge in [-0.15, -0.1) is 0 Å². The van der Waals surface area contributed by atoms with E-state index in [0.717, 1.165) is 16.9 Å². The maximum atomic E-state index is 12.3. The van der Waals surface area contributed by atoms with Gasteiger partial charge in [0.2, 0.25) is 5.90 Å². The molecule has 22 heavy (non-hydrogen) atoms. The Morgan fingerprint density at radius 1 is 1.14 bits per heavy atom. The van der Waals surface area contributed by atoms with Crippen molar-refractivity contribution in [3.05, 3.63) is 65.7 Å². The van der Waals surface area contributed by atoms with Crippen LogP contribution in [0.1, 0.15) is 23.5 Å². The van der Waals surface area contributed by atoms with Crippen LogP contribution in [0.25, 0.3) is 0 Å². The molecule has 1 fully saturated rings. The summed E-state index contributed by atoms with van der Waals surface area (Å²) in [6.07, 6.45) is 0.703. The average molecular weight is 293 g/mol. The van der Waals surface area contributed by atoms with E-state index in [9.17, 15) is 4.79 Å². The van der Waals surface area contributed by atoms with E-state index >= 15 is 0 Å². The summed E-state index contributed by atoms with van der Waals surface area (Å²) in [5.74, 6) is 1.09. The molecule has 1 heterocycles. The first kappa shape index (κ1) is 13.1. The number of esters is 1. The smallest absolute Gasteiger partial charge is 0.341 e. The minimum Gasteiger partial charge on any atom is -0.497 e. The lowest BCUT2D eigenvalue weighted by Crippen LogP contribution is -2.18. The molecule has 110 valence electrons. The molecule has 1 unspecified atom stereocenters. The van der Waals surface area contributed by atoms with Gasteiger partial charge in [-0.2, -0.15) is 0 Å². The standard InChI is InChI=1S/C18H15NO3/c1-21-14-9-7-12(8-10-14)15-11-18(15)17(20)22-16(19-18)13-5-3-2-4-6-13/h2-10,15H,11H2,1H3/t15-,18?/m1/s1. The first-order valence-electron chi connectivity index (χ1n) is 7.24. The van der Waals surface area contributed by atoms with Crippen LogP contribution < -0.4 is 4.74 Å². The van der Waals surface area contributed by atoms with E-state index in [0.29, 0.717) is 12.3 Å². The monoisotopic (exact) mass is 293 g/mol. The fourth-order valence-electron chi connectivity index (χ4n) is 2.96. The third-order valence-electron chi connectivity index (χ3n) is 4.31. The minimum atomic E-state index is -0.722. The Bertz CT molecular complexity index is 752. The normalized spacial score (nSPS) is 25.8. The second-order valence-electron chi connectivity index (χ2n) is 5.63. The van der Waals surface area contributed by atoms with Gasteiger partial charge in [0.25, 0.3) is 0 Å². The van der Waals surface area contributed by atoms with Gasteiger partial charge in [-0.1, -0.05) is 30.3 Å². The molecule has 4 rings (SSSR count). The second kappa shape index (κ2) is 4.70. The first-order valence-corrected chi connectivity index (χ1v) is 7.24. The molecular formula is C18H15NO3. The summed E-state index contributed by atoms with van der Waals surface area (Å²) in [5, 5.41) is 0. The van der Waals surface area contributed by atoms with Crippen molar-refractivity contribution in [1.29, 1.82) is 0 Å². The number of ether oxygens (including phenoxy) is 2. The molecule has 2 atom stereocenters. The number of nitrogens with zero attached hydrogens (tertiary/aromatic N) is 1. The number of cyclic esters (lactones) is 1. The van der Waals surface area contributed by atoms with Gasteiger partial charge in [0.1, 0.15) is 5.75 Å². The maximum absolute atomic E-state index is 12.3. The van der Waals surface area contributed by atoms with E-state index in [-0.39, 0.29) is 11.9 Å². The number of hydrogen-bond acceptors (Lipinski definition) is 4. The molecule has 4 heteroatoms. The lowest BCUT2D eigenvalue weighted by Gasteiger charge is -2.04. The number of benzene rings is 2. The van der Waals surface area contributed by atoms with E-state index in [1.165, 1.54) is 0 Å². The topological polar surface area (TPSA) is 47.9 Å². The largest absolute Gasteiger partial charge is 0.497 e. The molecule has 1 aliphatic heterocycles. The zero-order chi connectivity index (χ0) is 15.2. The molecule has 0 bridgehead atoms. The van der Waals surface area contributed by atoms with Gasteiger partial charge in [-0.05, 0) is 36.2 Å². The Labute approximate surface area is 128 Å². The maximum Gasteiger partial charge on any atom is 0.341 e. The SMILES string of the molecule is COc1ccc([C@H]2CC23N=C(c2ccccc2)OC3=O)cc1. The van der Waals surface area contributed by atoms with Crippen LogP contribution in [0.5, 0.6) is 5.75 Å². The van der Waals surface area contributed by atoms with Crippen molar-refractivity contribution in [2.45, 2.75) is 17.9 Å². The highest BCUT2D eigenvalue weighted by atomic mass is 16.6. The molecule has 0 radical (unpaired) electrons. The number of rotatable bonds is 3. The highest BCUT2D eigenvalue weighted by molar-refractivity contribution is 6.09. The summed E-state index contributed by atoms with van der Waals surface area (Å²) >= 11 is 0. The van der Waals surface area contributed by atoms with Crippen molar-refractivity contribution < 1.29 is 14.3 Å². The zero-order valence-corrected chi connectivity index (χ0v) is 12.2. The molecule has 1 spiro atoms. The van der Waals surface area contributed by atoms with Gasteiger partial charge in [0.05, 0.1) is 7.11 Å². The van der Waals surface area contributed by atoms with Crippen LogP contribution in [0.2, 0.25) is 0 Å². The molecule has 0 amide bonds. The van der Waals surface area contributed by atoms with Gasteiger partial charge in [0.15, 0.2) is 5.54 Å².